The Hall–Kier alpha value is -0.990. The van der Waals surface area contributed by atoms with Crippen molar-refractivity contribution in [2.75, 3.05) is 0 Å². The summed E-state index contributed by atoms with van der Waals surface area (Å²) in [5, 5.41) is 0. The van der Waals surface area contributed by atoms with Crippen LogP contribution in [0.2, 0.25) is 0 Å². The van der Waals surface area contributed by atoms with E-state index in [4.69, 9.17) is 0 Å². The molecule has 0 saturated carbocycles. The minimum Gasteiger partial charge on any atom is -0.299 e. The molecule has 3 heteroatoms. The summed E-state index contributed by atoms with van der Waals surface area (Å²) in [5.41, 5.74) is 2.71. The van der Waals surface area contributed by atoms with Gasteiger partial charge in [0.05, 0.1) is 0 Å². The van der Waals surface area contributed by atoms with E-state index in [9.17, 15) is 4.79 Å². The summed E-state index contributed by atoms with van der Waals surface area (Å²) in [4.78, 5) is 11.5. The van der Waals surface area contributed by atoms with Crippen molar-refractivity contribution < 1.29 is 0 Å². The highest BCUT2D eigenvalue weighted by Gasteiger charge is 2.40. The summed E-state index contributed by atoms with van der Waals surface area (Å²) in [5.74, 6) is 0. The van der Waals surface area contributed by atoms with E-state index in [0.717, 1.165) is 6.42 Å². The van der Waals surface area contributed by atoms with Crippen LogP contribution >= 0.6 is 0 Å². The summed E-state index contributed by atoms with van der Waals surface area (Å²) in [6.45, 7) is 4.35. The van der Waals surface area contributed by atoms with Gasteiger partial charge in [-0.05, 0) is 0 Å². The highest BCUT2D eigenvalue weighted by atomic mass is 16.1. The molecule has 66 valence electrons. The molecule has 0 saturated heterocycles. The van der Waals surface area contributed by atoms with Crippen LogP contribution in [-0.2, 0) is 25.9 Å². The van der Waals surface area contributed by atoms with Crippen molar-refractivity contribution in [3.63, 3.8) is 0 Å². The standard InChI is InChI=1S/C9H14N2O/c1-9(2)5-6-7(9)11(4)8(12)10(6)3/h5H2,1-4H3. The summed E-state index contributed by atoms with van der Waals surface area (Å²) < 4.78 is 3.51. The van der Waals surface area contributed by atoms with Crippen LogP contribution in [0.15, 0.2) is 4.79 Å². The van der Waals surface area contributed by atoms with E-state index in [1.165, 1.54) is 11.4 Å². The van der Waals surface area contributed by atoms with Crippen molar-refractivity contribution >= 4 is 0 Å². The molecule has 1 aromatic heterocycles. The Morgan fingerprint density at radius 3 is 2.17 bits per heavy atom. The predicted molar refractivity (Wildman–Crippen MR) is 47.4 cm³/mol. The van der Waals surface area contributed by atoms with Crippen LogP contribution in [0.3, 0.4) is 0 Å². The molecule has 0 N–H and O–H groups in total. The first-order valence-electron chi connectivity index (χ1n) is 4.20. The van der Waals surface area contributed by atoms with E-state index in [2.05, 4.69) is 13.8 Å². The van der Waals surface area contributed by atoms with Crippen LogP contribution in [0.1, 0.15) is 25.2 Å². The topological polar surface area (TPSA) is 26.9 Å². The molecule has 12 heavy (non-hydrogen) atoms. The lowest BCUT2D eigenvalue weighted by Crippen LogP contribution is -2.35. The van der Waals surface area contributed by atoms with Gasteiger partial charge in [-0.3, -0.25) is 9.13 Å². The third-order valence-corrected chi connectivity index (χ3v) is 2.84. The second-order valence-electron chi connectivity index (χ2n) is 4.26. The minimum atomic E-state index is 0.102. The van der Waals surface area contributed by atoms with Gasteiger partial charge in [0.1, 0.15) is 0 Å². The fourth-order valence-electron chi connectivity index (χ4n) is 2.23. The van der Waals surface area contributed by atoms with Crippen molar-refractivity contribution in [3.05, 3.63) is 21.9 Å². The predicted octanol–water partition coefficient (Wildman–Crippen LogP) is 0.557. The van der Waals surface area contributed by atoms with Gasteiger partial charge in [-0.25, -0.2) is 4.79 Å². The maximum Gasteiger partial charge on any atom is 0.328 e. The van der Waals surface area contributed by atoms with Gasteiger partial charge in [-0.2, -0.15) is 0 Å². The summed E-state index contributed by atoms with van der Waals surface area (Å²) in [7, 11) is 3.69. The Morgan fingerprint density at radius 2 is 1.83 bits per heavy atom. The van der Waals surface area contributed by atoms with Crippen LogP contribution in [0.25, 0.3) is 0 Å². The second kappa shape index (κ2) is 1.84. The Balaban J connectivity index is 2.77. The Morgan fingerprint density at radius 1 is 1.25 bits per heavy atom. The molecular weight excluding hydrogens is 152 g/mol. The zero-order valence-electron chi connectivity index (χ0n) is 8.01. The SMILES string of the molecule is Cn1c2c(n(C)c1=O)C(C)(C)C2. The molecule has 1 heterocycles. The average molecular weight is 166 g/mol. The van der Waals surface area contributed by atoms with Crippen molar-refractivity contribution in [3.8, 4) is 0 Å². The van der Waals surface area contributed by atoms with Crippen molar-refractivity contribution in [2.24, 2.45) is 14.1 Å². The molecule has 3 nitrogen and oxygen atoms in total. The lowest BCUT2D eigenvalue weighted by atomic mass is 9.73. The van der Waals surface area contributed by atoms with E-state index in [0.29, 0.717) is 0 Å². The normalized spacial score (nSPS) is 18.7. The van der Waals surface area contributed by atoms with E-state index in [1.807, 2.05) is 14.1 Å². The Labute approximate surface area is 71.6 Å². The number of imidazole rings is 1. The maximum atomic E-state index is 11.5. The van der Waals surface area contributed by atoms with Crippen LogP contribution < -0.4 is 5.69 Å². The number of fused-ring (bicyclic) bond motifs is 1. The molecule has 1 aliphatic rings. The first-order valence-corrected chi connectivity index (χ1v) is 4.20. The molecule has 0 spiro atoms. The molecule has 2 rings (SSSR count). The maximum absolute atomic E-state index is 11.5. The zero-order chi connectivity index (χ0) is 9.09. The van der Waals surface area contributed by atoms with Gasteiger partial charge in [0.25, 0.3) is 0 Å². The molecule has 0 fully saturated rings. The average Bonchev–Trinajstić information content (AvgIpc) is 2.12. The van der Waals surface area contributed by atoms with Crippen molar-refractivity contribution in [1.29, 1.82) is 0 Å². The number of hydrogen-bond donors (Lipinski definition) is 0. The molecule has 1 aromatic rings. The van der Waals surface area contributed by atoms with E-state index in [-0.39, 0.29) is 11.1 Å². The Kier molecular flexibility index (Phi) is 1.17. The lowest BCUT2D eigenvalue weighted by Gasteiger charge is -2.35. The van der Waals surface area contributed by atoms with Gasteiger partial charge in [-0.1, -0.05) is 13.8 Å². The first kappa shape index (κ1) is 7.65. The molecule has 0 bridgehead atoms. The van der Waals surface area contributed by atoms with Gasteiger partial charge in [-0.15, -0.1) is 0 Å². The van der Waals surface area contributed by atoms with Crippen LogP contribution in [0, 0.1) is 0 Å². The zero-order valence-corrected chi connectivity index (χ0v) is 8.01. The van der Waals surface area contributed by atoms with Gasteiger partial charge in [0, 0.05) is 37.3 Å². The highest BCUT2D eigenvalue weighted by molar-refractivity contribution is 5.35. The van der Waals surface area contributed by atoms with Gasteiger partial charge in [0.15, 0.2) is 0 Å². The molecule has 0 radical (unpaired) electrons. The summed E-state index contributed by atoms with van der Waals surface area (Å²) >= 11 is 0. The molecular formula is C9H14N2O. The van der Waals surface area contributed by atoms with E-state index >= 15 is 0 Å². The third-order valence-electron chi connectivity index (χ3n) is 2.84. The molecule has 1 aliphatic carbocycles. The third kappa shape index (κ3) is 0.642. The highest BCUT2D eigenvalue weighted by Crippen LogP contribution is 2.38. The Bertz CT molecular complexity index is 395. The molecule has 0 atom stereocenters. The minimum absolute atomic E-state index is 0.102. The van der Waals surface area contributed by atoms with Crippen LogP contribution in [0.5, 0.6) is 0 Å². The second-order valence-corrected chi connectivity index (χ2v) is 4.26. The summed E-state index contributed by atoms with van der Waals surface area (Å²) in [6, 6.07) is 0. The number of aromatic nitrogens is 2. The van der Waals surface area contributed by atoms with Crippen LogP contribution in [0.4, 0.5) is 0 Å². The smallest absolute Gasteiger partial charge is 0.299 e. The number of rotatable bonds is 0. The monoisotopic (exact) mass is 166 g/mol. The van der Waals surface area contributed by atoms with Crippen molar-refractivity contribution in [2.45, 2.75) is 25.7 Å². The lowest BCUT2D eigenvalue weighted by molar-refractivity contribution is 0.410. The number of nitrogens with zero attached hydrogens (tertiary/aromatic N) is 2. The molecule has 0 amide bonds. The van der Waals surface area contributed by atoms with E-state index in [1.54, 1.807) is 9.13 Å². The van der Waals surface area contributed by atoms with Gasteiger partial charge in [0.2, 0.25) is 0 Å². The van der Waals surface area contributed by atoms with Crippen LogP contribution in [-0.4, -0.2) is 9.13 Å². The quantitative estimate of drug-likeness (QED) is 0.553. The van der Waals surface area contributed by atoms with Gasteiger partial charge >= 0.3 is 5.69 Å². The first-order chi connectivity index (χ1) is 5.45. The summed E-state index contributed by atoms with van der Waals surface area (Å²) in [6.07, 6.45) is 1.02. The largest absolute Gasteiger partial charge is 0.328 e. The fraction of sp³-hybridized carbons (Fsp3) is 0.667. The van der Waals surface area contributed by atoms with E-state index < -0.39 is 0 Å². The van der Waals surface area contributed by atoms with Gasteiger partial charge < -0.3 is 0 Å². The molecule has 0 aliphatic heterocycles. The number of hydrogen-bond acceptors (Lipinski definition) is 1. The fourth-order valence-corrected chi connectivity index (χ4v) is 2.23. The van der Waals surface area contributed by atoms with Crippen molar-refractivity contribution in [1.82, 2.24) is 9.13 Å². The molecule has 0 aromatic carbocycles. The molecule has 0 unspecified atom stereocenters.